The molecule has 1 N–H and O–H groups in total. The van der Waals surface area contributed by atoms with E-state index in [9.17, 15) is 4.79 Å². The van der Waals surface area contributed by atoms with Crippen molar-refractivity contribution in [3.8, 4) is 5.82 Å². The second kappa shape index (κ2) is 5.52. The summed E-state index contributed by atoms with van der Waals surface area (Å²) >= 11 is 0. The molecule has 0 atom stereocenters. The average molecular weight is 325 g/mol. The molecular weight excluding hydrogens is 310 g/mol. The SMILES string of the molecule is Cc1nc(C2(NC(=O)c3ccnc(-n4cncn4)c3)CCC2)no1. The minimum Gasteiger partial charge on any atom is -0.340 e. The maximum Gasteiger partial charge on any atom is 0.252 e. The quantitative estimate of drug-likeness (QED) is 0.766. The van der Waals surface area contributed by atoms with E-state index in [1.807, 2.05) is 0 Å². The Balaban J connectivity index is 1.59. The molecule has 3 aromatic rings. The third kappa shape index (κ3) is 2.43. The van der Waals surface area contributed by atoms with E-state index in [0.29, 0.717) is 23.1 Å². The number of amides is 1. The fourth-order valence-corrected chi connectivity index (χ4v) is 2.73. The number of carbonyl (C=O) groups excluding carboxylic acids is 1. The molecule has 0 aliphatic heterocycles. The Hall–Kier alpha value is -3.10. The standard InChI is InChI=1S/C15H15N7O2/c1-10-19-14(21-24-10)15(4-2-5-15)20-13(23)11-3-6-17-12(7-11)22-9-16-8-18-22/h3,6-9H,2,4-5H2,1H3,(H,20,23). The topological polar surface area (TPSA) is 112 Å². The number of nitrogens with one attached hydrogen (secondary N) is 1. The lowest BCUT2D eigenvalue weighted by molar-refractivity contribution is 0.0804. The average Bonchev–Trinajstić information content (AvgIpc) is 3.22. The third-order valence-corrected chi connectivity index (χ3v) is 4.18. The van der Waals surface area contributed by atoms with Gasteiger partial charge in [-0.25, -0.2) is 14.6 Å². The van der Waals surface area contributed by atoms with Crippen molar-refractivity contribution < 1.29 is 9.32 Å². The van der Waals surface area contributed by atoms with E-state index in [1.54, 1.807) is 25.3 Å². The molecule has 0 radical (unpaired) electrons. The van der Waals surface area contributed by atoms with Crippen LogP contribution in [0.4, 0.5) is 0 Å². The molecule has 9 nitrogen and oxygen atoms in total. The summed E-state index contributed by atoms with van der Waals surface area (Å²) in [5.74, 6) is 1.34. The molecular formula is C15H15N7O2. The summed E-state index contributed by atoms with van der Waals surface area (Å²) in [6.07, 6.45) is 7.10. The molecule has 24 heavy (non-hydrogen) atoms. The van der Waals surface area contributed by atoms with Crippen molar-refractivity contribution in [2.45, 2.75) is 31.7 Å². The fraction of sp³-hybridized carbons (Fsp3) is 0.333. The van der Waals surface area contributed by atoms with Gasteiger partial charge >= 0.3 is 0 Å². The lowest BCUT2D eigenvalue weighted by atomic mass is 9.76. The predicted molar refractivity (Wildman–Crippen MR) is 81.2 cm³/mol. The molecule has 0 unspecified atom stereocenters. The van der Waals surface area contributed by atoms with Crippen molar-refractivity contribution in [3.63, 3.8) is 0 Å². The van der Waals surface area contributed by atoms with Crippen LogP contribution in [0.15, 0.2) is 35.5 Å². The maximum atomic E-state index is 12.7. The maximum absolute atomic E-state index is 12.7. The molecule has 0 aromatic carbocycles. The molecule has 3 aromatic heterocycles. The Kier molecular flexibility index (Phi) is 3.33. The second-order valence-corrected chi connectivity index (χ2v) is 5.77. The first kappa shape index (κ1) is 14.5. The molecule has 122 valence electrons. The van der Waals surface area contributed by atoms with Gasteiger partial charge in [0.1, 0.15) is 18.2 Å². The van der Waals surface area contributed by atoms with Gasteiger partial charge in [-0.1, -0.05) is 5.16 Å². The van der Waals surface area contributed by atoms with Gasteiger partial charge in [-0.2, -0.15) is 10.1 Å². The smallest absolute Gasteiger partial charge is 0.252 e. The number of hydrogen-bond acceptors (Lipinski definition) is 7. The van der Waals surface area contributed by atoms with Crippen LogP contribution in [0.2, 0.25) is 0 Å². The molecule has 1 aliphatic rings. The number of pyridine rings is 1. The molecule has 1 amide bonds. The van der Waals surface area contributed by atoms with Crippen molar-refractivity contribution in [2.24, 2.45) is 0 Å². The van der Waals surface area contributed by atoms with Crippen LogP contribution in [0.1, 0.15) is 41.3 Å². The molecule has 1 fully saturated rings. The van der Waals surface area contributed by atoms with Gasteiger partial charge in [0.05, 0.1) is 0 Å². The Labute approximate surface area is 137 Å². The molecule has 4 rings (SSSR count). The Morgan fingerprint density at radius 3 is 2.92 bits per heavy atom. The zero-order valence-electron chi connectivity index (χ0n) is 13.0. The Bertz CT molecular complexity index is 868. The van der Waals surface area contributed by atoms with E-state index < -0.39 is 5.54 Å². The minimum atomic E-state index is -0.550. The third-order valence-electron chi connectivity index (χ3n) is 4.18. The number of hydrogen-bond donors (Lipinski definition) is 1. The van der Waals surface area contributed by atoms with E-state index in [1.165, 1.54) is 17.3 Å². The van der Waals surface area contributed by atoms with Crippen LogP contribution in [0.25, 0.3) is 5.82 Å². The Morgan fingerprint density at radius 2 is 2.29 bits per heavy atom. The van der Waals surface area contributed by atoms with E-state index in [0.717, 1.165) is 19.3 Å². The Morgan fingerprint density at radius 1 is 1.42 bits per heavy atom. The van der Waals surface area contributed by atoms with E-state index >= 15 is 0 Å². The number of aromatic nitrogens is 6. The first-order valence-corrected chi connectivity index (χ1v) is 7.61. The van der Waals surface area contributed by atoms with Crippen LogP contribution in [0, 0.1) is 6.92 Å². The highest BCUT2D eigenvalue weighted by Crippen LogP contribution is 2.40. The van der Waals surface area contributed by atoms with Gasteiger partial charge in [-0.3, -0.25) is 4.79 Å². The van der Waals surface area contributed by atoms with Crippen molar-refractivity contribution in [3.05, 3.63) is 48.3 Å². The van der Waals surface area contributed by atoms with Crippen LogP contribution in [0.3, 0.4) is 0 Å². The number of nitrogens with zero attached hydrogens (tertiary/aromatic N) is 6. The lowest BCUT2D eigenvalue weighted by Gasteiger charge is -2.39. The second-order valence-electron chi connectivity index (χ2n) is 5.77. The van der Waals surface area contributed by atoms with Crippen LogP contribution in [-0.4, -0.2) is 35.8 Å². The summed E-state index contributed by atoms with van der Waals surface area (Å²) in [5, 5.41) is 11.0. The monoisotopic (exact) mass is 325 g/mol. The van der Waals surface area contributed by atoms with Crippen molar-refractivity contribution in [2.75, 3.05) is 0 Å². The summed E-state index contributed by atoms with van der Waals surface area (Å²) in [6.45, 7) is 1.73. The fourth-order valence-electron chi connectivity index (χ4n) is 2.73. The van der Waals surface area contributed by atoms with Crippen LogP contribution in [0.5, 0.6) is 0 Å². The first-order valence-electron chi connectivity index (χ1n) is 7.61. The number of carbonyl (C=O) groups is 1. The van der Waals surface area contributed by atoms with Gasteiger partial charge in [-0.05, 0) is 31.4 Å². The molecule has 1 saturated carbocycles. The van der Waals surface area contributed by atoms with Gasteiger partial charge < -0.3 is 9.84 Å². The zero-order chi connectivity index (χ0) is 16.6. The van der Waals surface area contributed by atoms with Crippen LogP contribution < -0.4 is 5.32 Å². The summed E-state index contributed by atoms with van der Waals surface area (Å²) in [4.78, 5) is 25.0. The van der Waals surface area contributed by atoms with E-state index in [-0.39, 0.29) is 5.91 Å². The zero-order valence-corrected chi connectivity index (χ0v) is 13.0. The van der Waals surface area contributed by atoms with Crippen LogP contribution in [-0.2, 0) is 5.54 Å². The lowest BCUT2D eigenvalue weighted by Crippen LogP contribution is -2.51. The number of rotatable bonds is 4. The molecule has 3 heterocycles. The molecule has 0 saturated heterocycles. The minimum absolute atomic E-state index is 0.207. The first-order chi connectivity index (χ1) is 11.7. The molecule has 1 aliphatic carbocycles. The largest absolute Gasteiger partial charge is 0.340 e. The van der Waals surface area contributed by atoms with E-state index in [4.69, 9.17) is 4.52 Å². The highest BCUT2D eigenvalue weighted by molar-refractivity contribution is 5.95. The van der Waals surface area contributed by atoms with Gasteiger partial charge in [-0.15, -0.1) is 0 Å². The summed E-state index contributed by atoms with van der Waals surface area (Å²) in [7, 11) is 0. The summed E-state index contributed by atoms with van der Waals surface area (Å²) in [5.41, 5.74) is -0.0621. The highest BCUT2D eigenvalue weighted by Gasteiger charge is 2.44. The predicted octanol–water partition coefficient (Wildman–Crippen LogP) is 1.16. The highest BCUT2D eigenvalue weighted by atomic mass is 16.5. The van der Waals surface area contributed by atoms with Gasteiger partial charge in [0.2, 0.25) is 5.89 Å². The van der Waals surface area contributed by atoms with Crippen molar-refractivity contribution in [1.29, 1.82) is 0 Å². The van der Waals surface area contributed by atoms with Crippen molar-refractivity contribution in [1.82, 2.24) is 35.2 Å². The molecule has 9 heteroatoms. The number of aryl methyl sites for hydroxylation is 1. The normalized spacial score (nSPS) is 15.7. The van der Waals surface area contributed by atoms with Gasteiger partial charge in [0.15, 0.2) is 11.6 Å². The van der Waals surface area contributed by atoms with Gasteiger partial charge in [0.25, 0.3) is 5.91 Å². The van der Waals surface area contributed by atoms with Crippen LogP contribution >= 0.6 is 0 Å². The summed E-state index contributed by atoms with van der Waals surface area (Å²) < 4.78 is 6.56. The molecule has 0 bridgehead atoms. The van der Waals surface area contributed by atoms with E-state index in [2.05, 4.69) is 30.5 Å². The molecule has 0 spiro atoms. The van der Waals surface area contributed by atoms with Gasteiger partial charge in [0, 0.05) is 18.7 Å². The summed E-state index contributed by atoms with van der Waals surface area (Å²) in [6, 6.07) is 3.32. The van der Waals surface area contributed by atoms with Crippen molar-refractivity contribution >= 4 is 5.91 Å².